The first kappa shape index (κ1) is 20.9. The van der Waals surface area contributed by atoms with Crippen LogP contribution in [0.3, 0.4) is 0 Å². The standard InChI is InChI=1S/C15H17Cl2N3O5/c1-3-5-12(21)20(4-2)15(13(22)23,14(24)25)19-18-11-7-6-9(16)8-10(11)17/h6-8H,3-5H2,1-2H3,(H,22,23)(H,24,25). The van der Waals surface area contributed by atoms with Crippen LogP contribution in [0.15, 0.2) is 28.4 Å². The molecule has 0 heterocycles. The zero-order valence-corrected chi connectivity index (χ0v) is 15.1. The van der Waals surface area contributed by atoms with Crippen molar-refractivity contribution in [3.05, 3.63) is 28.2 Å². The maximum absolute atomic E-state index is 12.2. The molecule has 0 saturated carbocycles. The number of hydrogen-bond donors (Lipinski definition) is 2. The van der Waals surface area contributed by atoms with Crippen LogP contribution in [-0.4, -0.2) is 45.2 Å². The molecule has 0 atom stereocenters. The quantitative estimate of drug-likeness (QED) is 0.519. The molecule has 25 heavy (non-hydrogen) atoms. The fraction of sp³-hybridized carbons (Fsp3) is 0.400. The first-order valence-corrected chi connectivity index (χ1v) is 8.11. The van der Waals surface area contributed by atoms with Crippen molar-refractivity contribution in [1.29, 1.82) is 0 Å². The third kappa shape index (κ3) is 4.46. The van der Waals surface area contributed by atoms with E-state index in [1.807, 2.05) is 0 Å². The summed E-state index contributed by atoms with van der Waals surface area (Å²) in [5.74, 6) is -4.32. The second kappa shape index (κ2) is 8.77. The predicted molar refractivity (Wildman–Crippen MR) is 91.3 cm³/mol. The van der Waals surface area contributed by atoms with Gasteiger partial charge in [0.2, 0.25) is 5.91 Å². The van der Waals surface area contributed by atoms with Crippen molar-refractivity contribution in [2.45, 2.75) is 32.4 Å². The lowest BCUT2D eigenvalue weighted by molar-refractivity contribution is -0.172. The lowest BCUT2D eigenvalue weighted by atomic mass is 10.1. The topological polar surface area (TPSA) is 120 Å². The van der Waals surface area contributed by atoms with E-state index in [4.69, 9.17) is 23.2 Å². The maximum Gasteiger partial charge on any atom is 0.366 e. The molecule has 8 nitrogen and oxygen atoms in total. The average Bonchev–Trinajstić information content (AvgIpc) is 2.52. The zero-order chi connectivity index (χ0) is 19.2. The van der Waals surface area contributed by atoms with Crippen molar-refractivity contribution in [3.63, 3.8) is 0 Å². The average molecular weight is 390 g/mol. The van der Waals surface area contributed by atoms with Gasteiger partial charge in [-0.3, -0.25) is 9.69 Å². The molecular formula is C15H17Cl2N3O5. The summed E-state index contributed by atoms with van der Waals surface area (Å²) in [7, 11) is 0. The van der Waals surface area contributed by atoms with Gasteiger partial charge in [0.05, 0.1) is 5.02 Å². The molecule has 0 aliphatic rings. The number of benzene rings is 1. The normalized spacial score (nSPS) is 11.5. The number of carbonyl (C=O) groups is 3. The summed E-state index contributed by atoms with van der Waals surface area (Å²) < 4.78 is 0. The van der Waals surface area contributed by atoms with Gasteiger partial charge in [-0.1, -0.05) is 30.1 Å². The molecule has 2 N–H and O–H groups in total. The number of amides is 1. The van der Waals surface area contributed by atoms with E-state index in [1.165, 1.54) is 25.1 Å². The van der Waals surface area contributed by atoms with Gasteiger partial charge in [0, 0.05) is 18.0 Å². The molecule has 0 spiro atoms. The number of rotatable bonds is 8. The fourth-order valence-electron chi connectivity index (χ4n) is 2.08. The Morgan fingerprint density at radius 1 is 1.16 bits per heavy atom. The minimum absolute atomic E-state index is 0.0205. The summed E-state index contributed by atoms with van der Waals surface area (Å²) in [5, 5.41) is 26.6. The van der Waals surface area contributed by atoms with E-state index >= 15 is 0 Å². The van der Waals surface area contributed by atoms with Crippen molar-refractivity contribution in [2.24, 2.45) is 10.2 Å². The third-order valence-electron chi connectivity index (χ3n) is 3.28. The van der Waals surface area contributed by atoms with Crippen LogP contribution in [0, 0.1) is 0 Å². The van der Waals surface area contributed by atoms with E-state index < -0.39 is 23.5 Å². The van der Waals surface area contributed by atoms with E-state index in [1.54, 1.807) is 6.92 Å². The van der Waals surface area contributed by atoms with Crippen LogP contribution in [0.4, 0.5) is 5.69 Å². The molecule has 1 amide bonds. The lowest BCUT2D eigenvalue weighted by Gasteiger charge is -2.32. The van der Waals surface area contributed by atoms with Crippen LogP contribution < -0.4 is 0 Å². The van der Waals surface area contributed by atoms with E-state index in [0.717, 1.165) is 0 Å². The second-order valence-electron chi connectivity index (χ2n) is 4.97. The summed E-state index contributed by atoms with van der Waals surface area (Å²) in [6.07, 6.45) is 0.401. The SMILES string of the molecule is CCCC(=O)N(CC)C(N=Nc1ccc(Cl)cc1Cl)(C(=O)O)C(=O)O. The van der Waals surface area contributed by atoms with E-state index in [2.05, 4.69) is 10.2 Å². The molecule has 0 saturated heterocycles. The molecule has 0 aliphatic carbocycles. The Kier molecular flexibility index (Phi) is 7.32. The highest BCUT2D eigenvalue weighted by atomic mass is 35.5. The van der Waals surface area contributed by atoms with Crippen molar-refractivity contribution in [1.82, 2.24) is 4.90 Å². The van der Waals surface area contributed by atoms with Crippen LogP contribution in [-0.2, 0) is 14.4 Å². The van der Waals surface area contributed by atoms with Gasteiger partial charge in [-0.25, -0.2) is 9.59 Å². The van der Waals surface area contributed by atoms with Crippen LogP contribution in [0.2, 0.25) is 10.0 Å². The van der Waals surface area contributed by atoms with E-state index in [0.29, 0.717) is 16.3 Å². The minimum atomic E-state index is -2.88. The Morgan fingerprint density at radius 2 is 1.76 bits per heavy atom. The monoisotopic (exact) mass is 389 g/mol. The van der Waals surface area contributed by atoms with Gasteiger partial charge in [0.25, 0.3) is 0 Å². The lowest BCUT2D eigenvalue weighted by Crippen LogP contribution is -2.60. The van der Waals surface area contributed by atoms with Gasteiger partial charge in [-0.15, -0.1) is 5.11 Å². The first-order valence-electron chi connectivity index (χ1n) is 7.35. The molecule has 136 valence electrons. The number of carboxylic acids is 2. The molecule has 1 aromatic rings. The second-order valence-corrected chi connectivity index (χ2v) is 5.81. The molecule has 0 aliphatic heterocycles. The predicted octanol–water partition coefficient (Wildman–Crippen LogP) is 3.59. The third-order valence-corrected chi connectivity index (χ3v) is 3.82. The molecule has 10 heteroatoms. The van der Waals surface area contributed by atoms with E-state index in [9.17, 15) is 24.6 Å². The number of likely N-dealkylation sites (N-methyl/N-ethyl adjacent to an activating group) is 1. The summed E-state index contributed by atoms with van der Waals surface area (Å²) in [6.45, 7) is 2.99. The van der Waals surface area contributed by atoms with Gasteiger partial charge in [0.15, 0.2) is 0 Å². The fourth-order valence-corrected chi connectivity index (χ4v) is 2.53. The summed E-state index contributed by atoms with van der Waals surface area (Å²) in [6, 6.07) is 4.14. The molecule has 0 radical (unpaired) electrons. The van der Waals surface area contributed by atoms with Crippen LogP contribution in [0.25, 0.3) is 0 Å². The van der Waals surface area contributed by atoms with Gasteiger partial charge >= 0.3 is 17.6 Å². The number of carboxylic acid groups (broad SMARTS) is 2. The Hall–Kier alpha value is -2.19. The molecular weight excluding hydrogens is 373 g/mol. The largest absolute Gasteiger partial charge is 0.478 e. The van der Waals surface area contributed by atoms with Crippen LogP contribution >= 0.6 is 23.2 Å². The minimum Gasteiger partial charge on any atom is -0.478 e. The Balaban J connectivity index is 3.46. The molecule has 0 aromatic heterocycles. The first-order chi connectivity index (χ1) is 11.7. The van der Waals surface area contributed by atoms with Crippen LogP contribution in [0.5, 0.6) is 0 Å². The molecule has 1 aromatic carbocycles. The molecule has 0 bridgehead atoms. The van der Waals surface area contributed by atoms with Crippen LogP contribution in [0.1, 0.15) is 26.7 Å². The van der Waals surface area contributed by atoms with Gasteiger partial charge < -0.3 is 10.2 Å². The van der Waals surface area contributed by atoms with Gasteiger partial charge in [-0.2, -0.15) is 5.11 Å². The van der Waals surface area contributed by atoms with Gasteiger partial charge in [-0.05, 0) is 31.5 Å². The Bertz CT molecular complexity index is 694. The number of halogens is 2. The number of nitrogens with zero attached hydrogens (tertiary/aromatic N) is 3. The number of aliphatic carboxylic acids is 2. The smallest absolute Gasteiger partial charge is 0.366 e. The molecule has 1 rings (SSSR count). The summed E-state index contributed by atoms with van der Waals surface area (Å²) in [4.78, 5) is 36.4. The highest BCUT2D eigenvalue weighted by Crippen LogP contribution is 2.30. The molecule has 0 unspecified atom stereocenters. The highest BCUT2D eigenvalue weighted by molar-refractivity contribution is 6.36. The zero-order valence-electron chi connectivity index (χ0n) is 13.6. The number of carbonyl (C=O) groups excluding carboxylic acids is 1. The Labute approximate surface area is 154 Å². The highest BCUT2D eigenvalue weighted by Gasteiger charge is 2.54. The summed E-state index contributed by atoms with van der Waals surface area (Å²) >= 11 is 11.7. The van der Waals surface area contributed by atoms with Gasteiger partial charge in [0.1, 0.15) is 5.69 Å². The molecule has 0 fully saturated rings. The van der Waals surface area contributed by atoms with Crippen molar-refractivity contribution in [3.8, 4) is 0 Å². The number of hydrogen-bond acceptors (Lipinski definition) is 5. The number of azo groups is 1. The van der Waals surface area contributed by atoms with E-state index in [-0.39, 0.29) is 23.7 Å². The van der Waals surface area contributed by atoms with Crippen molar-refractivity contribution in [2.75, 3.05) is 6.54 Å². The Morgan fingerprint density at radius 3 is 2.20 bits per heavy atom. The maximum atomic E-state index is 12.2. The summed E-state index contributed by atoms with van der Waals surface area (Å²) in [5.41, 5.74) is -2.86. The van der Waals surface area contributed by atoms with Crippen molar-refractivity contribution < 1.29 is 24.6 Å². The van der Waals surface area contributed by atoms with Crippen molar-refractivity contribution >= 4 is 46.7 Å².